The normalized spacial score (nSPS) is 7.12. The Morgan fingerprint density at radius 3 is 3.00 bits per heavy atom. The lowest BCUT2D eigenvalue weighted by molar-refractivity contribution is 1.28. The standard InChI is InChI=1S/C7H10S/c1-3-5-7-8-6-4-2/h4H,2-3,6H2,1H3. The van der Waals surface area contributed by atoms with Crippen molar-refractivity contribution in [2.45, 2.75) is 13.3 Å². The van der Waals surface area contributed by atoms with Gasteiger partial charge in [-0.1, -0.05) is 30.7 Å². The van der Waals surface area contributed by atoms with Gasteiger partial charge in [0.15, 0.2) is 0 Å². The third-order valence-corrected chi connectivity index (χ3v) is 1.21. The lowest BCUT2D eigenvalue weighted by Gasteiger charge is -1.76. The third kappa shape index (κ3) is 5.65. The molecule has 0 unspecified atom stereocenters. The predicted molar refractivity (Wildman–Crippen MR) is 40.7 cm³/mol. The van der Waals surface area contributed by atoms with Crippen LogP contribution in [0, 0.1) is 11.2 Å². The van der Waals surface area contributed by atoms with Crippen LogP contribution in [0.5, 0.6) is 0 Å². The second kappa shape index (κ2) is 6.65. The zero-order chi connectivity index (χ0) is 6.24. The first kappa shape index (κ1) is 7.65. The van der Waals surface area contributed by atoms with Gasteiger partial charge < -0.3 is 0 Å². The van der Waals surface area contributed by atoms with Crippen molar-refractivity contribution < 1.29 is 0 Å². The van der Waals surface area contributed by atoms with Gasteiger partial charge in [0.25, 0.3) is 0 Å². The van der Waals surface area contributed by atoms with Gasteiger partial charge in [0.05, 0.1) is 0 Å². The van der Waals surface area contributed by atoms with Crippen LogP contribution in [0.15, 0.2) is 12.7 Å². The van der Waals surface area contributed by atoms with Crippen LogP contribution in [0.25, 0.3) is 0 Å². The molecule has 44 valence electrons. The summed E-state index contributed by atoms with van der Waals surface area (Å²) in [5, 5.41) is 2.93. The van der Waals surface area contributed by atoms with Gasteiger partial charge in [-0.25, -0.2) is 0 Å². The summed E-state index contributed by atoms with van der Waals surface area (Å²) in [6.07, 6.45) is 2.80. The van der Waals surface area contributed by atoms with Crippen molar-refractivity contribution in [2.24, 2.45) is 0 Å². The van der Waals surface area contributed by atoms with E-state index in [0.29, 0.717) is 0 Å². The van der Waals surface area contributed by atoms with Crippen LogP contribution < -0.4 is 0 Å². The summed E-state index contributed by atoms with van der Waals surface area (Å²) in [6.45, 7) is 5.61. The minimum absolute atomic E-state index is 0.938. The van der Waals surface area contributed by atoms with Gasteiger partial charge in [-0.15, -0.1) is 6.58 Å². The number of thioether (sulfide) groups is 1. The van der Waals surface area contributed by atoms with E-state index >= 15 is 0 Å². The molecule has 0 aromatic carbocycles. The second-order valence-corrected chi connectivity index (χ2v) is 2.06. The maximum atomic E-state index is 3.57. The van der Waals surface area contributed by atoms with Gasteiger partial charge in [-0.2, -0.15) is 0 Å². The molecule has 0 radical (unpaired) electrons. The Morgan fingerprint density at radius 2 is 2.50 bits per heavy atom. The highest BCUT2D eigenvalue weighted by molar-refractivity contribution is 8.04. The molecule has 0 amide bonds. The van der Waals surface area contributed by atoms with Gasteiger partial charge in [0.2, 0.25) is 0 Å². The Hall–Kier alpha value is -0.350. The summed E-state index contributed by atoms with van der Waals surface area (Å²) in [4.78, 5) is 0. The van der Waals surface area contributed by atoms with E-state index in [9.17, 15) is 0 Å². The first-order valence-electron chi connectivity index (χ1n) is 2.62. The lowest BCUT2D eigenvalue weighted by atomic mass is 10.5. The Labute approximate surface area is 55.4 Å². The van der Waals surface area contributed by atoms with Crippen LogP contribution in [0.1, 0.15) is 13.3 Å². The maximum absolute atomic E-state index is 3.57. The van der Waals surface area contributed by atoms with Gasteiger partial charge in [0, 0.05) is 12.2 Å². The molecule has 0 N–H and O–H groups in total. The van der Waals surface area contributed by atoms with Crippen molar-refractivity contribution in [3.63, 3.8) is 0 Å². The first-order valence-corrected chi connectivity index (χ1v) is 3.61. The van der Waals surface area contributed by atoms with Crippen molar-refractivity contribution in [1.29, 1.82) is 0 Å². The molecule has 0 aromatic heterocycles. The fourth-order valence-corrected chi connectivity index (χ4v) is 0.671. The molecule has 0 aliphatic carbocycles. The van der Waals surface area contributed by atoms with Crippen LogP contribution >= 0.6 is 11.8 Å². The first-order chi connectivity index (χ1) is 3.91. The molecule has 1 heteroatoms. The predicted octanol–water partition coefficient (Wildman–Crippen LogP) is 2.28. The fraction of sp³-hybridized carbons (Fsp3) is 0.429. The van der Waals surface area contributed by atoms with Crippen LogP contribution in [0.3, 0.4) is 0 Å². The van der Waals surface area contributed by atoms with Gasteiger partial charge in [-0.3, -0.25) is 0 Å². The van der Waals surface area contributed by atoms with Crippen molar-refractivity contribution in [2.75, 3.05) is 5.75 Å². The Kier molecular flexibility index (Phi) is 6.36. The summed E-state index contributed by atoms with van der Waals surface area (Å²) in [5.74, 6) is 3.89. The molecular formula is C7H10S. The molecule has 0 spiro atoms. The molecule has 0 aliphatic rings. The topological polar surface area (TPSA) is 0 Å². The molecule has 0 aromatic rings. The Bertz CT molecular complexity index is 105. The van der Waals surface area contributed by atoms with Crippen molar-refractivity contribution >= 4 is 11.8 Å². The van der Waals surface area contributed by atoms with Crippen LogP contribution in [0.2, 0.25) is 0 Å². The van der Waals surface area contributed by atoms with Crippen molar-refractivity contribution in [3.05, 3.63) is 12.7 Å². The number of hydrogen-bond acceptors (Lipinski definition) is 1. The smallest absolute Gasteiger partial charge is 0.0235 e. The van der Waals surface area contributed by atoms with E-state index in [1.807, 2.05) is 13.0 Å². The van der Waals surface area contributed by atoms with E-state index in [0.717, 1.165) is 12.2 Å². The van der Waals surface area contributed by atoms with E-state index in [1.165, 1.54) is 0 Å². The van der Waals surface area contributed by atoms with Crippen LogP contribution in [-0.4, -0.2) is 5.75 Å². The molecule has 8 heavy (non-hydrogen) atoms. The van der Waals surface area contributed by atoms with E-state index < -0.39 is 0 Å². The number of rotatable bonds is 2. The summed E-state index contributed by atoms with van der Waals surface area (Å²) >= 11 is 1.60. The average molecular weight is 126 g/mol. The molecule has 0 fully saturated rings. The summed E-state index contributed by atoms with van der Waals surface area (Å²) in [5.41, 5.74) is 0. The molecule has 0 rings (SSSR count). The lowest BCUT2D eigenvalue weighted by Crippen LogP contribution is -1.60. The molecule has 0 saturated heterocycles. The van der Waals surface area contributed by atoms with Gasteiger partial charge in [0.1, 0.15) is 0 Å². The minimum Gasteiger partial charge on any atom is -0.102 e. The SMILES string of the molecule is C=CCSC#CCC. The van der Waals surface area contributed by atoms with Gasteiger partial charge in [-0.05, 0) is 5.25 Å². The monoisotopic (exact) mass is 126 g/mol. The number of hydrogen-bond donors (Lipinski definition) is 0. The maximum Gasteiger partial charge on any atom is 0.0235 e. The third-order valence-electron chi connectivity index (χ3n) is 0.522. The molecule has 0 heterocycles. The van der Waals surface area contributed by atoms with E-state index in [2.05, 4.69) is 17.8 Å². The molecule has 0 nitrogen and oxygen atoms in total. The van der Waals surface area contributed by atoms with Crippen molar-refractivity contribution in [1.82, 2.24) is 0 Å². The van der Waals surface area contributed by atoms with E-state index in [-0.39, 0.29) is 0 Å². The quantitative estimate of drug-likeness (QED) is 0.311. The second-order valence-electron chi connectivity index (χ2n) is 1.23. The largest absolute Gasteiger partial charge is 0.102 e. The summed E-state index contributed by atoms with van der Waals surface area (Å²) in [6, 6.07) is 0. The van der Waals surface area contributed by atoms with E-state index in [4.69, 9.17) is 0 Å². The Morgan fingerprint density at radius 1 is 1.75 bits per heavy atom. The minimum atomic E-state index is 0.938. The highest BCUT2D eigenvalue weighted by Gasteiger charge is 1.69. The molecule has 0 atom stereocenters. The summed E-state index contributed by atoms with van der Waals surface area (Å²) < 4.78 is 0. The molecule has 0 aliphatic heterocycles. The zero-order valence-corrected chi connectivity index (χ0v) is 5.92. The average Bonchev–Trinajstić information content (AvgIpc) is 1.81. The highest BCUT2D eigenvalue weighted by atomic mass is 32.2. The van der Waals surface area contributed by atoms with Gasteiger partial charge >= 0.3 is 0 Å². The fourth-order valence-electron chi connectivity index (χ4n) is 0.224. The zero-order valence-electron chi connectivity index (χ0n) is 5.11. The van der Waals surface area contributed by atoms with Crippen LogP contribution in [0.4, 0.5) is 0 Å². The molecular weight excluding hydrogens is 116 g/mol. The Balaban J connectivity index is 3.02. The molecule has 0 bridgehead atoms. The van der Waals surface area contributed by atoms with E-state index in [1.54, 1.807) is 11.8 Å². The van der Waals surface area contributed by atoms with Crippen molar-refractivity contribution in [3.8, 4) is 11.2 Å². The van der Waals surface area contributed by atoms with Crippen LogP contribution in [-0.2, 0) is 0 Å². The highest BCUT2D eigenvalue weighted by Crippen LogP contribution is 1.94. The summed E-state index contributed by atoms with van der Waals surface area (Å²) in [7, 11) is 0. The molecule has 0 saturated carbocycles.